The minimum atomic E-state index is -0.127. The molecule has 0 aliphatic carbocycles. The van der Waals surface area contributed by atoms with E-state index >= 15 is 0 Å². The van der Waals surface area contributed by atoms with Crippen LogP contribution in [0.2, 0.25) is 0 Å². The van der Waals surface area contributed by atoms with E-state index in [-0.39, 0.29) is 30.3 Å². The summed E-state index contributed by atoms with van der Waals surface area (Å²) in [6.07, 6.45) is 2.25. The summed E-state index contributed by atoms with van der Waals surface area (Å²) in [6, 6.07) is 5.64. The van der Waals surface area contributed by atoms with Crippen LogP contribution in [0, 0.1) is 0 Å². The van der Waals surface area contributed by atoms with Crippen LogP contribution in [0.15, 0.2) is 30.0 Å². The second-order valence-electron chi connectivity index (χ2n) is 5.19. The Labute approximate surface area is 129 Å². The van der Waals surface area contributed by atoms with Crippen molar-refractivity contribution in [3.8, 4) is 11.5 Å². The molecule has 1 heterocycles. The number of hydrogen-bond donors (Lipinski definition) is 0. The van der Waals surface area contributed by atoms with Gasteiger partial charge in [-0.05, 0) is 30.7 Å². The van der Waals surface area contributed by atoms with Gasteiger partial charge < -0.3 is 19.0 Å². The molecule has 5 heteroatoms. The molecule has 0 N–H and O–H groups in total. The van der Waals surface area contributed by atoms with Gasteiger partial charge in [-0.3, -0.25) is 4.79 Å². The predicted molar refractivity (Wildman–Crippen MR) is 81.2 cm³/mol. The number of benzene rings is 1. The summed E-state index contributed by atoms with van der Waals surface area (Å²) in [5.41, 5.74) is 0.993. The van der Waals surface area contributed by atoms with E-state index in [0.717, 1.165) is 5.56 Å². The third-order valence-corrected chi connectivity index (χ3v) is 3.59. The molecule has 0 saturated heterocycles. The highest BCUT2D eigenvalue weighted by molar-refractivity contribution is 5.96. The highest BCUT2D eigenvalue weighted by Gasteiger charge is 2.24. The lowest BCUT2D eigenvalue weighted by Gasteiger charge is -2.11. The van der Waals surface area contributed by atoms with Crippen molar-refractivity contribution < 1.29 is 23.8 Å². The van der Waals surface area contributed by atoms with Crippen LogP contribution < -0.4 is 9.47 Å². The van der Waals surface area contributed by atoms with E-state index in [4.69, 9.17) is 14.2 Å². The van der Waals surface area contributed by atoms with Crippen LogP contribution in [0.1, 0.15) is 31.2 Å². The van der Waals surface area contributed by atoms with E-state index in [9.17, 15) is 9.59 Å². The monoisotopic (exact) mass is 304 g/mol. The number of ether oxygens (including phenoxy) is 3. The maximum Gasteiger partial charge on any atom is 0.197 e. The number of allylic oxidation sites excluding steroid dienone is 1. The molecule has 0 spiro atoms. The summed E-state index contributed by atoms with van der Waals surface area (Å²) in [4.78, 5) is 22.9. The zero-order valence-corrected chi connectivity index (χ0v) is 13.0. The Morgan fingerprint density at radius 2 is 1.91 bits per heavy atom. The first kappa shape index (κ1) is 16.1. The fourth-order valence-corrected chi connectivity index (χ4v) is 2.32. The van der Waals surface area contributed by atoms with Crippen molar-refractivity contribution in [1.29, 1.82) is 0 Å². The molecule has 0 radical (unpaired) electrons. The normalized spacial score (nSPS) is 16.7. The Morgan fingerprint density at radius 3 is 2.55 bits per heavy atom. The minimum absolute atomic E-state index is 0.00314. The van der Waals surface area contributed by atoms with Gasteiger partial charge in [0.05, 0.1) is 20.8 Å². The molecule has 5 nitrogen and oxygen atoms in total. The van der Waals surface area contributed by atoms with Gasteiger partial charge in [-0.2, -0.15) is 0 Å². The second-order valence-corrected chi connectivity index (χ2v) is 5.19. The van der Waals surface area contributed by atoms with Crippen LogP contribution >= 0.6 is 0 Å². The molecule has 1 atom stereocenters. The van der Waals surface area contributed by atoms with E-state index in [1.807, 2.05) is 24.3 Å². The fraction of sp³-hybridized carbons (Fsp3) is 0.412. The molecule has 1 aliphatic rings. The fourth-order valence-electron chi connectivity index (χ4n) is 2.32. The Hall–Kier alpha value is -2.30. The quantitative estimate of drug-likeness (QED) is 0.775. The molecular formula is C17H20O5. The van der Waals surface area contributed by atoms with Crippen molar-refractivity contribution in [1.82, 2.24) is 0 Å². The van der Waals surface area contributed by atoms with Crippen molar-refractivity contribution in [3.05, 3.63) is 35.6 Å². The lowest BCUT2D eigenvalue weighted by molar-refractivity contribution is -0.122. The van der Waals surface area contributed by atoms with E-state index in [1.165, 1.54) is 6.92 Å². The van der Waals surface area contributed by atoms with E-state index in [1.54, 1.807) is 14.2 Å². The van der Waals surface area contributed by atoms with Gasteiger partial charge in [0, 0.05) is 18.8 Å². The number of ketones is 2. The molecule has 118 valence electrons. The average Bonchev–Trinajstić information content (AvgIpc) is 3.01. The topological polar surface area (TPSA) is 61.8 Å². The molecule has 2 rings (SSSR count). The molecule has 0 amide bonds. The molecule has 1 aromatic carbocycles. The number of hydrogen-bond acceptors (Lipinski definition) is 5. The first-order valence-electron chi connectivity index (χ1n) is 7.14. The van der Waals surface area contributed by atoms with Gasteiger partial charge >= 0.3 is 0 Å². The Kier molecular flexibility index (Phi) is 5.20. The third-order valence-electron chi connectivity index (χ3n) is 3.59. The van der Waals surface area contributed by atoms with Crippen LogP contribution in [0.25, 0.3) is 0 Å². The number of carbonyl (C=O) groups is 2. The summed E-state index contributed by atoms with van der Waals surface area (Å²) in [5.74, 6) is 1.52. The molecule has 1 aliphatic heterocycles. The van der Waals surface area contributed by atoms with Crippen LogP contribution in [0.4, 0.5) is 0 Å². The van der Waals surface area contributed by atoms with Gasteiger partial charge in [-0.15, -0.1) is 0 Å². The molecule has 22 heavy (non-hydrogen) atoms. The smallest absolute Gasteiger partial charge is 0.197 e. The number of rotatable bonds is 7. The van der Waals surface area contributed by atoms with Crippen LogP contribution in [-0.4, -0.2) is 32.4 Å². The molecule has 1 unspecified atom stereocenters. The zero-order valence-electron chi connectivity index (χ0n) is 13.0. The maximum absolute atomic E-state index is 12.0. The van der Waals surface area contributed by atoms with Gasteiger partial charge in [0.2, 0.25) is 0 Å². The van der Waals surface area contributed by atoms with E-state index in [0.29, 0.717) is 23.9 Å². The predicted octanol–water partition coefficient (Wildman–Crippen LogP) is 2.64. The van der Waals surface area contributed by atoms with Crippen LogP contribution in [-0.2, 0) is 14.3 Å². The van der Waals surface area contributed by atoms with Crippen molar-refractivity contribution in [2.24, 2.45) is 0 Å². The van der Waals surface area contributed by atoms with Crippen molar-refractivity contribution >= 4 is 11.6 Å². The number of Topliss-reactive ketones (excluding diaryl/α,β-unsaturated/α-hetero) is 2. The highest BCUT2D eigenvalue weighted by atomic mass is 16.5. The largest absolute Gasteiger partial charge is 0.493 e. The highest BCUT2D eigenvalue weighted by Crippen LogP contribution is 2.34. The van der Waals surface area contributed by atoms with E-state index < -0.39 is 0 Å². The lowest BCUT2D eigenvalue weighted by Crippen LogP contribution is -2.05. The Morgan fingerprint density at radius 1 is 1.18 bits per heavy atom. The third kappa shape index (κ3) is 3.67. The molecular weight excluding hydrogens is 284 g/mol. The molecule has 1 aromatic rings. The van der Waals surface area contributed by atoms with Gasteiger partial charge in [0.1, 0.15) is 5.78 Å². The molecule has 0 bridgehead atoms. The second kappa shape index (κ2) is 7.11. The van der Waals surface area contributed by atoms with Gasteiger partial charge in [-0.25, -0.2) is 0 Å². The van der Waals surface area contributed by atoms with E-state index in [2.05, 4.69) is 0 Å². The molecule has 0 fully saturated rings. The van der Waals surface area contributed by atoms with Gasteiger partial charge in [0.15, 0.2) is 23.0 Å². The van der Waals surface area contributed by atoms with Crippen LogP contribution in [0.5, 0.6) is 11.5 Å². The first-order chi connectivity index (χ1) is 10.5. The Balaban J connectivity index is 2.11. The SMILES string of the molecule is COc1ccc(C2C=C(C(=O)CCC(C)=O)OC2)cc1OC. The first-order valence-corrected chi connectivity index (χ1v) is 7.14. The number of carbonyl (C=O) groups excluding carboxylic acids is 2. The summed E-state index contributed by atoms with van der Waals surface area (Å²) < 4.78 is 16.0. The Bertz CT molecular complexity index is 603. The minimum Gasteiger partial charge on any atom is -0.493 e. The number of methoxy groups -OCH3 is 2. The average molecular weight is 304 g/mol. The maximum atomic E-state index is 12.0. The molecule has 0 aromatic heterocycles. The van der Waals surface area contributed by atoms with Crippen molar-refractivity contribution in [2.75, 3.05) is 20.8 Å². The van der Waals surface area contributed by atoms with Gasteiger partial charge in [0.25, 0.3) is 0 Å². The summed E-state index contributed by atoms with van der Waals surface area (Å²) >= 11 is 0. The molecule has 0 saturated carbocycles. The standard InChI is InChI=1S/C17H20O5/c1-11(18)4-6-14(19)16-9-13(10-22-16)12-5-7-15(20-2)17(8-12)21-3/h5,7-9,13H,4,6,10H2,1-3H3. The zero-order chi connectivity index (χ0) is 16.1. The lowest BCUT2D eigenvalue weighted by atomic mass is 9.99. The van der Waals surface area contributed by atoms with Gasteiger partial charge in [-0.1, -0.05) is 6.07 Å². The summed E-state index contributed by atoms with van der Waals surface area (Å²) in [5, 5.41) is 0. The summed E-state index contributed by atoms with van der Waals surface area (Å²) in [7, 11) is 3.17. The van der Waals surface area contributed by atoms with Crippen LogP contribution in [0.3, 0.4) is 0 Å². The van der Waals surface area contributed by atoms with Crippen molar-refractivity contribution in [3.63, 3.8) is 0 Å². The summed E-state index contributed by atoms with van der Waals surface area (Å²) in [6.45, 7) is 1.89. The van der Waals surface area contributed by atoms with Crippen molar-refractivity contribution in [2.45, 2.75) is 25.7 Å².